The van der Waals surface area contributed by atoms with Crippen LogP contribution in [0.3, 0.4) is 0 Å². The maximum absolute atomic E-state index is 13.1. The van der Waals surface area contributed by atoms with Gasteiger partial charge in [0.15, 0.2) is 5.76 Å². The van der Waals surface area contributed by atoms with Gasteiger partial charge in [0, 0.05) is 42.8 Å². The van der Waals surface area contributed by atoms with Crippen LogP contribution in [0, 0.1) is 6.92 Å². The molecule has 1 N–H and O–H groups in total. The second-order valence-corrected chi connectivity index (χ2v) is 7.69. The van der Waals surface area contributed by atoms with Crippen LogP contribution in [0.1, 0.15) is 44.9 Å². The first-order chi connectivity index (χ1) is 14.6. The number of hydrogen-bond acceptors (Lipinski definition) is 4. The molecule has 6 heteroatoms. The minimum Gasteiger partial charge on any atom is -0.451 e. The second kappa shape index (κ2) is 8.71. The van der Waals surface area contributed by atoms with E-state index in [0.717, 1.165) is 16.5 Å². The molecule has 3 aromatic rings. The summed E-state index contributed by atoms with van der Waals surface area (Å²) in [5.41, 5.74) is 3.13. The number of methoxy groups -OCH3 is 1. The lowest BCUT2D eigenvalue weighted by Gasteiger charge is -2.32. The molecule has 1 aromatic heterocycles. The van der Waals surface area contributed by atoms with E-state index in [-0.39, 0.29) is 17.9 Å². The van der Waals surface area contributed by atoms with Crippen LogP contribution in [0.15, 0.2) is 52.9 Å². The Morgan fingerprint density at radius 3 is 2.53 bits per heavy atom. The number of hydrogen-bond donors (Lipinski definition) is 1. The summed E-state index contributed by atoms with van der Waals surface area (Å²) in [4.78, 5) is 27.5. The summed E-state index contributed by atoms with van der Waals surface area (Å²) >= 11 is 0. The maximum Gasteiger partial charge on any atom is 0.289 e. The maximum atomic E-state index is 13.1. The van der Waals surface area contributed by atoms with Crippen molar-refractivity contribution in [3.63, 3.8) is 0 Å². The third-order valence-electron chi connectivity index (χ3n) is 5.69. The van der Waals surface area contributed by atoms with Crippen molar-refractivity contribution in [2.24, 2.45) is 0 Å². The second-order valence-electron chi connectivity index (χ2n) is 7.69. The van der Waals surface area contributed by atoms with Gasteiger partial charge in [0.1, 0.15) is 5.58 Å². The number of piperidine rings is 1. The average molecular weight is 406 g/mol. The number of nitrogens with zero attached hydrogens (tertiary/aromatic N) is 1. The third kappa shape index (κ3) is 3.96. The number of aryl methyl sites for hydroxylation is 1. The van der Waals surface area contributed by atoms with Gasteiger partial charge in [-0.1, -0.05) is 36.4 Å². The van der Waals surface area contributed by atoms with Crippen molar-refractivity contribution < 1.29 is 18.7 Å². The van der Waals surface area contributed by atoms with E-state index >= 15 is 0 Å². The number of fused-ring (bicyclic) bond motifs is 1. The largest absolute Gasteiger partial charge is 0.451 e. The van der Waals surface area contributed by atoms with E-state index in [1.165, 1.54) is 0 Å². The summed E-state index contributed by atoms with van der Waals surface area (Å²) in [7, 11) is 1.61. The summed E-state index contributed by atoms with van der Waals surface area (Å²) < 4.78 is 11.2. The van der Waals surface area contributed by atoms with Gasteiger partial charge in [-0.3, -0.25) is 9.59 Å². The van der Waals surface area contributed by atoms with E-state index in [4.69, 9.17) is 9.15 Å². The summed E-state index contributed by atoms with van der Waals surface area (Å²) in [6.07, 6.45) is 1.42. The smallest absolute Gasteiger partial charge is 0.289 e. The molecule has 0 radical (unpaired) electrons. The van der Waals surface area contributed by atoms with Crippen LogP contribution in [-0.4, -0.2) is 43.0 Å². The topological polar surface area (TPSA) is 71.8 Å². The van der Waals surface area contributed by atoms with Gasteiger partial charge in [-0.2, -0.15) is 0 Å². The first-order valence-electron chi connectivity index (χ1n) is 10.2. The van der Waals surface area contributed by atoms with Gasteiger partial charge < -0.3 is 19.4 Å². The van der Waals surface area contributed by atoms with Crippen molar-refractivity contribution in [2.75, 3.05) is 20.2 Å². The van der Waals surface area contributed by atoms with Crippen molar-refractivity contribution in [1.82, 2.24) is 10.2 Å². The van der Waals surface area contributed by atoms with Gasteiger partial charge in [-0.25, -0.2) is 0 Å². The fraction of sp³-hybridized carbons (Fsp3) is 0.333. The number of para-hydroxylation sites is 1. The highest BCUT2D eigenvalue weighted by Crippen LogP contribution is 2.28. The zero-order valence-electron chi connectivity index (χ0n) is 17.3. The molecule has 1 saturated heterocycles. The minimum absolute atomic E-state index is 0.0512. The van der Waals surface area contributed by atoms with E-state index in [1.54, 1.807) is 12.0 Å². The Balaban J connectivity index is 1.43. The molecule has 1 aliphatic rings. The molecule has 2 heterocycles. The molecule has 2 amide bonds. The molecule has 0 spiro atoms. The van der Waals surface area contributed by atoms with Gasteiger partial charge in [-0.05, 0) is 37.5 Å². The van der Waals surface area contributed by atoms with Gasteiger partial charge in [0.05, 0.1) is 6.61 Å². The Morgan fingerprint density at radius 1 is 1.10 bits per heavy atom. The number of carbonyl (C=O) groups excluding carboxylic acids is 2. The number of carbonyl (C=O) groups is 2. The molecule has 1 fully saturated rings. The standard InChI is InChI=1S/C24H26N2O4/c1-16-7-3-4-8-18(16)23(27)25-17-11-13-26(14-12-17)24(28)22-20(15-29-2)19-9-5-6-10-21(19)30-22/h3-10,17H,11-15H2,1-2H3,(H,25,27). The molecule has 30 heavy (non-hydrogen) atoms. The third-order valence-corrected chi connectivity index (χ3v) is 5.69. The number of ether oxygens (including phenoxy) is 1. The molecule has 4 rings (SSSR count). The monoisotopic (exact) mass is 406 g/mol. The lowest BCUT2D eigenvalue weighted by Crippen LogP contribution is -2.46. The van der Waals surface area contributed by atoms with Crippen LogP contribution < -0.4 is 5.32 Å². The zero-order chi connectivity index (χ0) is 21.1. The Kier molecular flexibility index (Phi) is 5.86. The molecule has 0 atom stereocenters. The summed E-state index contributed by atoms with van der Waals surface area (Å²) in [6, 6.07) is 15.2. The molecule has 6 nitrogen and oxygen atoms in total. The Hall–Kier alpha value is -3.12. The lowest BCUT2D eigenvalue weighted by atomic mass is 10.0. The first-order valence-corrected chi connectivity index (χ1v) is 10.2. The highest BCUT2D eigenvalue weighted by atomic mass is 16.5. The molecule has 1 aliphatic heterocycles. The number of likely N-dealkylation sites (tertiary alicyclic amines) is 1. The van der Waals surface area contributed by atoms with Crippen molar-refractivity contribution in [3.05, 3.63) is 71.0 Å². The van der Waals surface area contributed by atoms with Crippen LogP contribution in [0.2, 0.25) is 0 Å². The normalized spacial score (nSPS) is 14.8. The predicted molar refractivity (Wildman–Crippen MR) is 114 cm³/mol. The summed E-state index contributed by atoms with van der Waals surface area (Å²) in [5.74, 6) is 0.167. The van der Waals surface area contributed by atoms with Gasteiger partial charge in [0.25, 0.3) is 11.8 Å². The Bertz CT molecular complexity index is 1060. The fourth-order valence-corrected chi connectivity index (χ4v) is 4.02. The van der Waals surface area contributed by atoms with Crippen LogP contribution in [0.25, 0.3) is 11.0 Å². The number of amides is 2. The molecule has 0 aliphatic carbocycles. The highest BCUT2D eigenvalue weighted by molar-refractivity contribution is 5.99. The zero-order valence-corrected chi connectivity index (χ0v) is 17.3. The molecule has 0 unspecified atom stereocenters. The summed E-state index contributed by atoms with van der Waals surface area (Å²) in [6.45, 7) is 3.39. The van der Waals surface area contributed by atoms with Crippen LogP contribution in [-0.2, 0) is 11.3 Å². The van der Waals surface area contributed by atoms with Crippen LogP contribution >= 0.6 is 0 Å². The van der Waals surface area contributed by atoms with E-state index in [0.29, 0.717) is 49.4 Å². The SMILES string of the molecule is COCc1c(C(=O)N2CCC(NC(=O)c3ccccc3C)CC2)oc2ccccc12. The predicted octanol–water partition coefficient (Wildman–Crippen LogP) is 3.92. The molecular weight excluding hydrogens is 380 g/mol. The lowest BCUT2D eigenvalue weighted by molar-refractivity contribution is 0.0663. The van der Waals surface area contributed by atoms with Gasteiger partial charge in [-0.15, -0.1) is 0 Å². The molecular formula is C24H26N2O4. The minimum atomic E-state index is -0.123. The molecule has 2 aromatic carbocycles. The summed E-state index contributed by atoms with van der Waals surface area (Å²) in [5, 5.41) is 4.01. The van der Waals surface area contributed by atoms with Crippen LogP contribution in [0.4, 0.5) is 0 Å². The van der Waals surface area contributed by atoms with E-state index in [9.17, 15) is 9.59 Å². The number of furan rings is 1. The Morgan fingerprint density at radius 2 is 1.80 bits per heavy atom. The van der Waals surface area contributed by atoms with E-state index in [2.05, 4.69) is 5.32 Å². The molecule has 0 saturated carbocycles. The van der Waals surface area contributed by atoms with E-state index in [1.807, 2.05) is 55.5 Å². The van der Waals surface area contributed by atoms with Crippen molar-refractivity contribution >= 4 is 22.8 Å². The molecule has 156 valence electrons. The fourth-order valence-electron chi connectivity index (χ4n) is 4.02. The quantitative estimate of drug-likeness (QED) is 0.697. The Labute approximate surface area is 175 Å². The van der Waals surface area contributed by atoms with Crippen LogP contribution in [0.5, 0.6) is 0 Å². The number of nitrogens with one attached hydrogen (secondary N) is 1. The average Bonchev–Trinajstić information content (AvgIpc) is 3.13. The molecule has 0 bridgehead atoms. The first kappa shape index (κ1) is 20.2. The highest BCUT2D eigenvalue weighted by Gasteiger charge is 2.29. The van der Waals surface area contributed by atoms with E-state index < -0.39 is 0 Å². The number of rotatable bonds is 5. The van der Waals surface area contributed by atoms with Crippen molar-refractivity contribution in [3.8, 4) is 0 Å². The number of benzene rings is 2. The van der Waals surface area contributed by atoms with Crippen molar-refractivity contribution in [2.45, 2.75) is 32.4 Å². The van der Waals surface area contributed by atoms with Crippen molar-refractivity contribution in [1.29, 1.82) is 0 Å². The van der Waals surface area contributed by atoms with Gasteiger partial charge in [0.2, 0.25) is 0 Å². The van der Waals surface area contributed by atoms with Gasteiger partial charge >= 0.3 is 0 Å².